The van der Waals surface area contributed by atoms with Crippen LogP contribution >= 0.6 is 0 Å². The topological polar surface area (TPSA) is 95.6 Å². The number of halogens is 3. The summed E-state index contributed by atoms with van der Waals surface area (Å²) in [6.45, 7) is -1.26. The highest BCUT2D eigenvalue weighted by molar-refractivity contribution is 7.89. The Morgan fingerprint density at radius 1 is 1.03 bits per heavy atom. The first-order valence-corrected chi connectivity index (χ1v) is 11.3. The van der Waals surface area contributed by atoms with Crippen molar-refractivity contribution in [1.82, 2.24) is 9.62 Å². The van der Waals surface area contributed by atoms with E-state index in [9.17, 15) is 31.2 Å². The van der Waals surface area contributed by atoms with Crippen molar-refractivity contribution in [2.45, 2.75) is 23.9 Å². The molecule has 0 bridgehead atoms. The number of piperidine rings is 1. The number of benzene rings is 2. The summed E-state index contributed by atoms with van der Waals surface area (Å²) in [5, 5.41) is 4.34. The van der Waals surface area contributed by atoms with Crippen LogP contribution < -0.4 is 10.6 Å². The van der Waals surface area contributed by atoms with E-state index in [1.165, 1.54) is 40.7 Å². The molecular formula is C21H22F3N3O4S. The summed E-state index contributed by atoms with van der Waals surface area (Å²) in [5.41, 5.74) is -0.0603. The van der Waals surface area contributed by atoms with Gasteiger partial charge < -0.3 is 10.6 Å². The number of rotatable bonds is 6. The molecule has 1 atom stereocenters. The number of amides is 2. The van der Waals surface area contributed by atoms with Crippen LogP contribution in [0.1, 0.15) is 23.2 Å². The fourth-order valence-corrected chi connectivity index (χ4v) is 4.96. The molecule has 7 nitrogen and oxygen atoms in total. The van der Waals surface area contributed by atoms with Crippen molar-refractivity contribution in [2.24, 2.45) is 5.92 Å². The molecule has 2 N–H and O–H groups in total. The second kappa shape index (κ2) is 9.70. The van der Waals surface area contributed by atoms with Crippen molar-refractivity contribution < 1.29 is 31.2 Å². The molecule has 11 heteroatoms. The first-order chi connectivity index (χ1) is 15.1. The van der Waals surface area contributed by atoms with Gasteiger partial charge >= 0.3 is 6.18 Å². The zero-order chi connectivity index (χ0) is 23.4. The molecule has 0 saturated carbocycles. The van der Waals surface area contributed by atoms with Crippen LogP contribution in [-0.4, -0.2) is 50.3 Å². The zero-order valence-corrected chi connectivity index (χ0v) is 17.7. The summed E-state index contributed by atoms with van der Waals surface area (Å²) >= 11 is 0. The molecule has 32 heavy (non-hydrogen) atoms. The van der Waals surface area contributed by atoms with E-state index in [1.54, 1.807) is 23.5 Å². The second-order valence-electron chi connectivity index (χ2n) is 7.35. The largest absolute Gasteiger partial charge is 0.405 e. The monoisotopic (exact) mass is 469 g/mol. The van der Waals surface area contributed by atoms with E-state index in [4.69, 9.17) is 0 Å². The molecule has 1 aliphatic rings. The lowest BCUT2D eigenvalue weighted by Crippen LogP contribution is -2.43. The summed E-state index contributed by atoms with van der Waals surface area (Å²) in [4.78, 5) is 25.1. The Hall–Kier alpha value is -2.92. The minimum absolute atomic E-state index is 0.0362. The van der Waals surface area contributed by atoms with Gasteiger partial charge in [-0.05, 0) is 37.1 Å². The number of hydrogen-bond acceptors (Lipinski definition) is 4. The van der Waals surface area contributed by atoms with Crippen LogP contribution in [0.2, 0.25) is 0 Å². The molecule has 3 rings (SSSR count). The van der Waals surface area contributed by atoms with E-state index in [1.807, 2.05) is 0 Å². The number of sulfonamides is 1. The molecular weight excluding hydrogens is 447 g/mol. The van der Waals surface area contributed by atoms with Gasteiger partial charge in [0.1, 0.15) is 6.54 Å². The smallest absolute Gasteiger partial charge is 0.343 e. The molecule has 1 unspecified atom stereocenters. The number of nitrogens with one attached hydrogen (secondary N) is 2. The summed E-state index contributed by atoms with van der Waals surface area (Å²) in [7, 11) is -3.76. The third-order valence-corrected chi connectivity index (χ3v) is 6.89. The maximum absolute atomic E-state index is 12.9. The number of hydrogen-bond donors (Lipinski definition) is 2. The predicted octanol–water partition coefficient (Wildman–Crippen LogP) is 3.02. The minimum atomic E-state index is -4.57. The van der Waals surface area contributed by atoms with Crippen LogP contribution in [0.25, 0.3) is 0 Å². The van der Waals surface area contributed by atoms with E-state index < -0.39 is 40.5 Å². The SMILES string of the molecule is O=C(NCC(F)(F)F)c1ccccc1NC(=O)C1CCCN(S(=O)(=O)c2ccccc2)C1. The van der Waals surface area contributed by atoms with Gasteiger partial charge in [-0.1, -0.05) is 30.3 Å². The number of alkyl halides is 3. The molecule has 0 radical (unpaired) electrons. The molecule has 1 heterocycles. The number of nitrogens with zero attached hydrogens (tertiary/aromatic N) is 1. The molecule has 1 saturated heterocycles. The van der Waals surface area contributed by atoms with Gasteiger partial charge in [-0.3, -0.25) is 9.59 Å². The molecule has 0 aromatic heterocycles. The van der Waals surface area contributed by atoms with E-state index in [0.29, 0.717) is 12.8 Å². The van der Waals surface area contributed by atoms with Gasteiger partial charge in [0.25, 0.3) is 5.91 Å². The number of carbonyl (C=O) groups is 2. The zero-order valence-electron chi connectivity index (χ0n) is 16.9. The summed E-state index contributed by atoms with van der Waals surface area (Å²) in [5.74, 6) is -2.15. The molecule has 2 amide bonds. The molecule has 1 aliphatic heterocycles. The lowest BCUT2D eigenvalue weighted by molar-refractivity contribution is -0.123. The van der Waals surface area contributed by atoms with Crippen LogP contribution in [0, 0.1) is 5.92 Å². The Kier molecular flexibility index (Phi) is 7.19. The van der Waals surface area contributed by atoms with Gasteiger partial charge in [0.15, 0.2) is 0 Å². The van der Waals surface area contributed by atoms with Gasteiger partial charge in [-0.25, -0.2) is 8.42 Å². The highest BCUT2D eigenvalue weighted by atomic mass is 32.2. The van der Waals surface area contributed by atoms with Crippen molar-refractivity contribution in [2.75, 3.05) is 25.0 Å². The number of anilines is 1. The lowest BCUT2D eigenvalue weighted by atomic mass is 9.98. The van der Waals surface area contributed by atoms with Crippen LogP contribution in [0.5, 0.6) is 0 Å². The first kappa shape index (κ1) is 23.7. The normalized spacial score (nSPS) is 17.5. The highest BCUT2D eigenvalue weighted by Crippen LogP contribution is 2.25. The number of para-hydroxylation sites is 1. The third kappa shape index (κ3) is 5.86. The van der Waals surface area contributed by atoms with Crippen LogP contribution in [0.3, 0.4) is 0 Å². The third-order valence-electron chi connectivity index (χ3n) is 5.01. The van der Waals surface area contributed by atoms with Crippen molar-refractivity contribution >= 4 is 27.5 Å². The van der Waals surface area contributed by atoms with E-state index in [-0.39, 0.29) is 29.2 Å². The Labute approximate surface area is 183 Å². The van der Waals surface area contributed by atoms with Crippen LogP contribution in [0.15, 0.2) is 59.5 Å². The summed E-state index contributed by atoms with van der Waals surface area (Å²) in [6, 6.07) is 13.6. The molecule has 2 aromatic carbocycles. The standard InChI is InChI=1S/C21H22F3N3O4S/c22-21(23,24)14-25-20(29)17-10-4-5-11-18(17)26-19(28)15-7-6-12-27(13-15)32(30,31)16-8-2-1-3-9-16/h1-5,8-11,15H,6-7,12-14H2,(H,25,29)(H,26,28). The van der Waals surface area contributed by atoms with Gasteiger partial charge in [0.2, 0.25) is 15.9 Å². The fourth-order valence-electron chi connectivity index (χ4n) is 3.42. The van der Waals surface area contributed by atoms with E-state index in [2.05, 4.69) is 5.32 Å². The Balaban J connectivity index is 1.71. The number of carbonyl (C=O) groups excluding carboxylic acids is 2. The van der Waals surface area contributed by atoms with Crippen LogP contribution in [-0.2, 0) is 14.8 Å². The fraction of sp³-hybridized carbons (Fsp3) is 0.333. The summed E-state index contributed by atoms with van der Waals surface area (Å²) in [6.07, 6.45) is -3.66. The van der Waals surface area contributed by atoms with Crippen molar-refractivity contribution in [3.8, 4) is 0 Å². The summed E-state index contributed by atoms with van der Waals surface area (Å²) < 4.78 is 64.2. The van der Waals surface area contributed by atoms with Crippen molar-refractivity contribution in [3.63, 3.8) is 0 Å². The first-order valence-electron chi connectivity index (χ1n) is 9.88. The molecule has 0 spiro atoms. The average Bonchev–Trinajstić information content (AvgIpc) is 2.78. The van der Waals surface area contributed by atoms with Crippen molar-refractivity contribution in [1.29, 1.82) is 0 Å². The molecule has 0 aliphatic carbocycles. The average molecular weight is 469 g/mol. The van der Waals surface area contributed by atoms with Gasteiger partial charge in [0.05, 0.1) is 22.1 Å². The second-order valence-corrected chi connectivity index (χ2v) is 9.29. The van der Waals surface area contributed by atoms with E-state index in [0.717, 1.165) is 0 Å². The van der Waals surface area contributed by atoms with Gasteiger partial charge in [0, 0.05) is 13.1 Å². The van der Waals surface area contributed by atoms with E-state index >= 15 is 0 Å². The van der Waals surface area contributed by atoms with Crippen LogP contribution in [0.4, 0.5) is 18.9 Å². The highest BCUT2D eigenvalue weighted by Gasteiger charge is 2.34. The lowest BCUT2D eigenvalue weighted by Gasteiger charge is -2.31. The van der Waals surface area contributed by atoms with Gasteiger partial charge in [-0.15, -0.1) is 0 Å². The molecule has 2 aromatic rings. The maximum atomic E-state index is 12.9. The quantitative estimate of drug-likeness (QED) is 0.680. The molecule has 1 fully saturated rings. The minimum Gasteiger partial charge on any atom is -0.343 e. The van der Waals surface area contributed by atoms with Gasteiger partial charge in [-0.2, -0.15) is 17.5 Å². The predicted molar refractivity (Wildman–Crippen MR) is 111 cm³/mol. The Bertz CT molecular complexity index is 1080. The Morgan fingerprint density at radius 3 is 2.38 bits per heavy atom. The molecule has 172 valence electrons. The Morgan fingerprint density at radius 2 is 1.69 bits per heavy atom. The van der Waals surface area contributed by atoms with Crippen molar-refractivity contribution in [3.05, 3.63) is 60.2 Å². The maximum Gasteiger partial charge on any atom is 0.405 e.